The Labute approximate surface area is 164 Å². The van der Waals surface area contributed by atoms with E-state index >= 15 is 0 Å². The van der Waals surface area contributed by atoms with E-state index in [0.29, 0.717) is 43.0 Å². The Bertz CT molecular complexity index is 838. The number of rotatable bonds is 6. The predicted molar refractivity (Wildman–Crippen MR) is 106 cm³/mol. The molecule has 1 aliphatic heterocycles. The number of anilines is 1. The number of halogens is 1. The number of amides is 1. The van der Waals surface area contributed by atoms with Gasteiger partial charge >= 0.3 is 0 Å². The van der Waals surface area contributed by atoms with Crippen molar-refractivity contribution in [3.63, 3.8) is 0 Å². The molecule has 1 heterocycles. The Hall–Kier alpha value is -2.24. The van der Waals surface area contributed by atoms with Gasteiger partial charge in [-0.25, -0.2) is 0 Å². The molecule has 27 heavy (non-hydrogen) atoms. The minimum absolute atomic E-state index is 0.0440. The van der Waals surface area contributed by atoms with Crippen molar-refractivity contribution in [2.24, 2.45) is 0 Å². The molecule has 1 aliphatic carbocycles. The minimum Gasteiger partial charge on any atom is -0.486 e. The maximum Gasteiger partial charge on any atom is 0.238 e. The second-order valence-electron chi connectivity index (χ2n) is 7.01. The van der Waals surface area contributed by atoms with E-state index in [4.69, 9.17) is 21.1 Å². The van der Waals surface area contributed by atoms with Gasteiger partial charge < -0.3 is 14.8 Å². The van der Waals surface area contributed by atoms with E-state index in [-0.39, 0.29) is 11.9 Å². The molecule has 0 radical (unpaired) electrons. The van der Waals surface area contributed by atoms with Gasteiger partial charge in [0.2, 0.25) is 5.91 Å². The molecule has 1 N–H and O–H groups in total. The number of ether oxygens (including phenoxy) is 2. The van der Waals surface area contributed by atoms with Gasteiger partial charge in [-0.05, 0) is 43.5 Å². The van der Waals surface area contributed by atoms with Gasteiger partial charge in [-0.1, -0.05) is 29.8 Å². The number of carbonyl (C=O) groups is 1. The summed E-state index contributed by atoms with van der Waals surface area (Å²) in [6, 6.07) is 13.8. The molecule has 142 valence electrons. The van der Waals surface area contributed by atoms with Crippen LogP contribution in [0.25, 0.3) is 0 Å². The smallest absolute Gasteiger partial charge is 0.238 e. The molecule has 2 aliphatic rings. The van der Waals surface area contributed by atoms with Crippen LogP contribution in [0, 0.1) is 0 Å². The van der Waals surface area contributed by atoms with Gasteiger partial charge in [0.25, 0.3) is 0 Å². The van der Waals surface area contributed by atoms with E-state index in [1.165, 1.54) is 0 Å². The summed E-state index contributed by atoms with van der Waals surface area (Å²) < 4.78 is 11.1. The number of hydrogen-bond acceptors (Lipinski definition) is 4. The van der Waals surface area contributed by atoms with Crippen LogP contribution in [0.1, 0.15) is 31.4 Å². The topological polar surface area (TPSA) is 50.8 Å². The van der Waals surface area contributed by atoms with Crippen LogP contribution >= 0.6 is 11.6 Å². The van der Waals surface area contributed by atoms with Crippen LogP contribution in [0.4, 0.5) is 5.69 Å². The second-order valence-corrected chi connectivity index (χ2v) is 7.41. The van der Waals surface area contributed by atoms with Crippen molar-refractivity contribution in [2.45, 2.75) is 31.8 Å². The number of benzene rings is 2. The summed E-state index contributed by atoms with van der Waals surface area (Å²) in [4.78, 5) is 14.9. The first-order chi connectivity index (χ1) is 13.1. The van der Waals surface area contributed by atoms with Gasteiger partial charge in [-0.2, -0.15) is 0 Å². The second kappa shape index (κ2) is 7.79. The highest BCUT2D eigenvalue weighted by atomic mass is 35.5. The lowest BCUT2D eigenvalue weighted by molar-refractivity contribution is -0.118. The van der Waals surface area contributed by atoms with Crippen molar-refractivity contribution < 1.29 is 14.3 Å². The average molecular weight is 387 g/mol. The first kappa shape index (κ1) is 18.1. The average Bonchev–Trinajstić information content (AvgIpc) is 3.51. The molecule has 1 atom stereocenters. The zero-order valence-electron chi connectivity index (χ0n) is 15.3. The number of nitrogens with zero attached hydrogens (tertiary/aromatic N) is 1. The third-order valence-electron chi connectivity index (χ3n) is 5.02. The van der Waals surface area contributed by atoms with Crippen molar-refractivity contribution >= 4 is 23.2 Å². The maximum absolute atomic E-state index is 12.7. The Kier molecular flexibility index (Phi) is 5.23. The van der Waals surface area contributed by atoms with E-state index < -0.39 is 0 Å². The summed E-state index contributed by atoms with van der Waals surface area (Å²) in [7, 11) is 0. The third-order valence-corrected chi connectivity index (χ3v) is 5.36. The molecule has 0 aromatic heterocycles. The van der Waals surface area contributed by atoms with Crippen molar-refractivity contribution in [1.29, 1.82) is 0 Å². The monoisotopic (exact) mass is 386 g/mol. The Morgan fingerprint density at radius 2 is 1.93 bits per heavy atom. The lowest BCUT2D eigenvalue weighted by atomic mass is 10.1. The summed E-state index contributed by atoms with van der Waals surface area (Å²) in [6.07, 6.45) is 2.23. The van der Waals surface area contributed by atoms with Crippen LogP contribution in [0.5, 0.6) is 11.5 Å². The summed E-state index contributed by atoms with van der Waals surface area (Å²) in [6.45, 7) is 3.51. The molecular formula is C21H23ClN2O3. The van der Waals surface area contributed by atoms with Crippen molar-refractivity contribution in [1.82, 2.24) is 4.90 Å². The molecule has 0 saturated heterocycles. The molecule has 2 aromatic rings. The van der Waals surface area contributed by atoms with Gasteiger partial charge in [0, 0.05) is 28.9 Å². The highest BCUT2D eigenvalue weighted by Gasteiger charge is 2.34. The van der Waals surface area contributed by atoms with Crippen LogP contribution < -0.4 is 14.8 Å². The third kappa shape index (κ3) is 4.20. The molecular weight excluding hydrogens is 364 g/mol. The van der Waals surface area contributed by atoms with Crippen LogP contribution in [-0.2, 0) is 4.79 Å². The molecule has 1 unspecified atom stereocenters. The zero-order chi connectivity index (χ0) is 18.8. The minimum atomic E-state index is -0.0440. The zero-order valence-corrected chi connectivity index (χ0v) is 16.0. The normalized spacial score (nSPS) is 16.9. The number of hydrogen-bond donors (Lipinski definition) is 1. The Balaban J connectivity index is 1.44. The summed E-state index contributed by atoms with van der Waals surface area (Å²) in [5.74, 6) is 1.34. The number of fused-ring (bicyclic) bond motifs is 1. The molecule has 1 saturated carbocycles. The fourth-order valence-electron chi connectivity index (χ4n) is 3.47. The highest BCUT2D eigenvalue weighted by molar-refractivity contribution is 6.31. The molecule has 0 spiro atoms. The molecule has 1 amide bonds. The van der Waals surface area contributed by atoms with E-state index in [0.717, 1.165) is 23.4 Å². The molecule has 6 heteroatoms. The molecule has 0 bridgehead atoms. The van der Waals surface area contributed by atoms with Crippen LogP contribution in [0.15, 0.2) is 42.5 Å². The largest absolute Gasteiger partial charge is 0.486 e. The van der Waals surface area contributed by atoms with Crippen molar-refractivity contribution in [2.75, 3.05) is 25.1 Å². The number of nitrogens with one attached hydrogen (secondary N) is 1. The summed E-state index contributed by atoms with van der Waals surface area (Å²) in [5.41, 5.74) is 1.77. The van der Waals surface area contributed by atoms with E-state index in [1.807, 2.05) is 42.5 Å². The lowest BCUT2D eigenvalue weighted by Crippen LogP contribution is -2.37. The van der Waals surface area contributed by atoms with Gasteiger partial charge in [-0.15, -0.1) is 0 Å². The van der Waals surface area contributed by atoms with Gasteiger partial charge in [-0.3, -0.25) is 9.69 Å². The van der Waals surface area contributed by atoms with Crippen LogP contribution in [0.2, 0.25) is 5.02 Å². The van der Waals surface area contributed by atoms with Crippen LogP contribution in [-0.4, -0.2) is 36.6 Å². The van der Waals surface area contributed by atoms with Gasteiger partial charge in [0.05, 0.1) is 6.54 Å². The molecule has 2 aromatic carbocycles. The molecule has 1 fully saturated rings. The predicted octanol–water partition coefficient (Wildman–Crippen LogP) is 4.28. The summed E-state index contributed by atoms with van der Waals surface area (Å²) in [5, 5.41) is 3.72. The fraction of sp³-hybridized carbons (Fsp3) is 0.381. The van der Waals surface area contributed by atoms with Crippen LogP contribution in [0.3, 0.4) is 0 Å². The van der Waals surface area contributed by atoms with E-state index in [1.54, 1.807) is 0 Å². The van der Waals surface area contributed by atoms with Gasteiger partial charge in [0.15, 0.2) is 11.5 Å². The standard InChI is InChI=1S/C21H23ClN2O3/c1-14(17-4-2-3-5-18(17)22)24(16-7-8-16)13-21(25)23-15-6-9-19-20(12-15)27-11-10-26-19/h2-6,9,12,14,16H,7-8,10-11,13H2,1H3,(H,23,25). The van der Waals surface area contributed by atoms with E-state index in [2.05, 4.69) is 17.1 Å². The first-order valence-corrected chi connectivity index (χ1v) is 9.69. The fourth-order valence-corrected chi connectivity index (χ4v) is 3.76. The van der Waals surface area contributed by atoms with Crippen molar-refractivity contribution in [3.05, 3.63) is 53.1 Å². The summed E-state index contributed by atoms with van der Waals surface area (Å²) >= 11 is 6.37. The molecule has 4 rings (SSSR count). The lowest BCUT2D eigenvalue weighted by Gasteiger charge is -2.29. The Morgan fingerprint density at radius 1 is 1.19 bits per heavy atom. The molecule has 5 nitrogen and oxygen atoms in total. The Morgan fingerprint density at radius 3 is 2.67 bits per heavy atom. The van der Waals surface area contributed by atoms with Crippen molar-refractivity contribution in [3.8, 4) is 11.5 Å². The van der Waals surface area contributed by atoms with E-state index in [9.17, 15) is 4.79 Å². The highest BCUT2D eigenvalue weighted by Crippen LogP contribution is 2.36. The maximum atomic E-state index is 12.7. The quantitative estimate of drug-likeness (QED) is 0.805. The van der Waals surface area contributed by atoms with Gasteiger partial charge in [0.1, 0.15) is 13.2 Å². The number of carbonyl (C=O) groups excluding carboxylic acids is 1. The first-order valence-electron chi connectivity index (χ1n) is 9.31. The SMILES string of the molecule is CC(c1ccccc1Cl)N(CC(=O)Nc1ccc2c(c1)OCCO2)C1CC1.